The lowest BCUT2D eigenvalue weighted by molar-refractivity contribution is 0.653. The van der Waals surface area contributed by atoms with E-state index in [0.717, 1.165) is 47.3 Å². The summed E-state index contributed by atoms with van der Waals surface area (Å²) in [7, 11) is 2.08. The highest BCUT2D eigenvalue weighted by molar-refractivity contribution is 7.99. The van der Waals surface area contributed by atoms with Crippen LogP contribution in [0.15, 0.2) is 41.8 Å². The van der Waals surface area contributed by atoms with Crippen molar-refractivity contribution in [2.75, 3.05) is 12.3 Å². The number of thioether (sulfide) groups is 1. The number of hydrogen-bond donors (Lipinski definition) is 1. The molecular weight excluding hydrogens is 330 g/mol. The second-order valence-electron chi connectivity index (χ2n) is 6.58. The van der Waals surface area contributed by atoms with Crippen molar-refractivity contribution in [1.82, 2.24) is 24.8 Å². The molecule has 0 bridgehead atoms. The largest absolute Gasteiger partial charge is 0.331 e. The number of benzene rings is 1. The van der Waals surface area contributed by atoms with Gasteiger partial charge in [-0.1, -0.05) is 37.7 Å². The van der Waals surface area contributed by atoms with Crippen molar-refractivity contribution in [2.24, 2.45) is 13.0 Å². The van der Waals surface area contributed by atoms with Gasteiger partial charge in [0.1, 0.15) is 5.82 Å². The van der Waals surface area contributed by atoms with Gasteiger partial charge >= 0.3 is 0 Å². The zero-order valence-electron chi connectivity index (χ0n) is 15.1. The minimum Gasteiger partial charge on any atom is -0.331 e. The number of nitrogens with one attached hydrogen (secondary N) is 1. The molecule has 0 saturated heterocycles. The van der Waals surface area contributed by atoms with Crippen LogP contribution >= 0.6 is 11.8 Å². The SMILES string of the molecule is CC(C)CSc1ncc(CNCCc2nc3ccccc3n2C)cn1. The van der Waals surface area contributed by atoms with Gasteiger partial charge in [-0.15, -0.1) is 0 Å². The number of hydrogen-bond acceptors (Lipinski definition) is 5. The van der Waals surface area contributed by atoms with E-state index in [1.807, 2.05) is 18.5 Å². The maximum absolute atomic E-state index is 4.70. The molecule has 0 saturated carbocycles. The van der Waals surface area contributed by atoms with Crippen LogP contribution in [0.4, 0.5) is 0 Å². The van der Waals surface area contributed by atoms with Gasteiger partial charge in [0, 0.05) is 50.3 Å². The molecule has 0 unspecified atom stereocenters. The molecule has 0 spiro atoms. The van der Waals surface area contributed by atoms with E-state index in [-0.39, 0.29) is 0 Å². The third kappa shape index (κ3) is 4.80. The van der Waals surface area contributed by atoms with Crippen LogP contribution in [0.3, 0.4) is 0 Å². The van der Waals surface area contributed by atoms with Gasteiger partial charge in [-0.25, -0.2) is 15.0 Å². The molecule has 6 heteroatoms. The fraction of sp³-hybridized carbons (Fsp3) is 0.421. The van der Waals surface area contributed by atoms with E-state index in [0.29, 0.717) is 5.92 Å². The monoisotopic (exact) mass is 355 g/mol. The molecule has 0 atom stereocenters. The normalized spacial score (nSPS) is 11.5. The molecule has 3 rings (SSSR count). The average molecular weight is 356 g/mol. The second kappa shape index (κ2) is 8.45. The van der Waals surface area contributed by atoms with E-state index in [1.54, 1.807) is 11.8 Å². The van der Waals surface area contributed by atoms with Gasteiger partial charge in [-0.3, -0.25) is 0 Å². The Hall–Kier alpha value is -1.92. The molecule has 0 fully saturated rings. The van der Waals surface area contributed by atoms with Crippen molar-refractivity contribution < 1.29 is 0 Å². The summed E-state index contributed by atoms with van der Waals surface area (Å²) < 4.78 is 2.17. The summed E-state index contributed by atoms with van der Waals surface area (Å²) in [5.41, 5.74) is 3.35. The molecule has 0 amide bonds. The molecule has 0 aliphatic heterocycles. The van der Waals surface area contributed by atoms with Gasteiger partial charge in [-0.05, 0) is 18.1 Å². The lowest BCUT2D eigenvalue weighted by Crippen LogP contribution is -2.18. The predicted molar refractivity (Wildman–Crippen MR) is 104 cm³/mol. The van der Waals surface area contributed by atoms with E-state index in [2.05, 4.69) is 58.9 Å². The van der Waals surface area contributed by atoms with Crippen molar-refractivity contribution >= 4 is 22.8 Å². The standard InChI is InChI=1S/C19H25N5S/c1-14(2)13-25-19-21-11-15(12-22-19)10-20-9-8-18-23-16-6-4-5-7-17(16)24(18)3/h4-7,11-12,14,20H,8-10,13H2,1-3H3. The van der Waals surface area contributed by atoms with E-state index >= 15 is 0 Å². The fourth-order valence-electron chi connectivity index (χ4n) is 2.60. The first kappa shape index (κ1) is 17.9. The maximum Gasteiger partial charge on any atom is 0.187 e. The van der Waals surface area contributed by atoms with Crippen LogP contribution in [-0.2, 0) is 20.0 Å². The molecular formula is C19H25N5S. The summed E-state index contributed by atoms with van der Waals surface area (Å²) >= 11 is 1.71. The quantitative estimate of drug-likeness (QED) is 0.381. The number of para-hydroxylation sites is 2. The van der Waals surface area contributed by atoms with E-state index in [9.17, 15) is 0 Å². The van der Waals surface area contributed by atoms with Gasteiger partial charge < -0.3 is 9.88 Å². The maximum atomic E-state index is 4.70. The van der Waals surface area contributed by atoms with Crippen LogP contribution in [0.1, 0.15) is 25.2 Å². The van der Waals surface area contributed by atoms with Crippen molar-refractivity contribution in [3.8, 4) is 0 Å². The van der Waals surface area contributed by atoms with Crippen LogP contribution in [0, 0.1) is 5.92 Å². The van der Waals surface area contributed by atoms with Crippen molar-refractivity contribution in [2.45, 2.75) is 32.0 Å². The minimum atomic E-state index is 0.651. The van der Waals surface area contributed by atoms with E-state index in [1.165, 1.54) is 5.52 Å². The zero-order chi connectivity index (χ0) is 17.6. The van der Waals surface area contributed by atoms with Gasteiger partial charge in [0.25, 0.3) is 0 Å². The number of aryl methyl sites for hydroxylation is 1. The fourth-order valence-corrected chi connectivity index (χ4v) is 3.34. The van der Waals surface area contributed by atoms with Crippen LogP contribution in [-0.4, -0.2) is 31.8 Å². The molecule has 3 aromatic rings. The first-order chi connectivity index (χ1) is 12.1. The van der Waals surface area contributed by atoms with Gasteiger partial charge in [0.15, 0.2) is 5.16 Å². The molecule has 0 aliphatic rings. The summed E-state index contributed by atoms with van der Waals surface area (Å²) in [5.74, 6) is 2.80. The van der Waals surface area contributed by atoms with Crippen molar-refractivity contribution in [3.63, 3.8) is 0 Å². The molecule has 132 valence electrons. The summed E-state index contributed by atoms with van der Waals surface area (Å²) in [6.07, 6.45) is 4.73. The van der Waals surface area contributed by atoms with Crippen LogP contribution in [0.5, 0.6) is 0 Å². The highest BCUT2D eigenvalue weighted by Crippen LogP contribution is 2.16. The Morgan fingerprint density at radius 2 is 1.92 bits per heavy atom. The van der Waals surface area contributed by atoms with Crippen LogP contribution in [0.2, 0.25) is 0 Å². The number of imidazole rings is 1. The van der Waals surface area contributed by atoms with Crippen LogP contribution in [0.25, 0.3) is 11.0 Å². The summed E-state index contributed by atoms with van der Waals surface area (Å²) in [6.45, 7) is 6.06. The molecule has 25 heavy (non-hydrogen) atoms. The summed E-state index contributed by atoms with van der Waals surface area (Å²) in [4.78, 5) is 13.6. The molecule has 2 aromatic heterocycles. The Morgan fingerprint density at radius 3 is 2.64 bits per heavy atom. The zero-order valence-corrected chi connectivity index (χ0v) is 15.9. The lowest BCUT2D eigenvalue weighted by atomic mass is 10.3. The van der Waals surface area contributed by atoms with E-state index < -0.39 is 0 Å². The average Bonchev–Trinajstić information content (AvgIpc) is 2.94. The first-order valence-corrected chi connectivity index (χ1v) is 9.67. The second-order valence-corrected chi connectivity index (χ2v) is 7.57. The Balaban J connectivity index is 1.47. The Bertz CT molecular complexity index is 810. The molecule has 0 radical (unpaired) electrons. The minimum absolute atomic E-state index is 0.651. The van der Waals surface area contributed by atoms with Gasteiger partial charge in [-0.2, -0.15) is 0 Å². The highest BCUT2D eigenvalue weighted by Gasteiger charge is 2.06. The highest BCUT2D eigenvalue weighted by atomic mass is 32.2. The van der Waals surface area contributed by atoms with Crippen molar-refractivity contribution in [3.05, 3.63) is 48.0 Å². The molecule has 0 aliphatic carbocycles. The Morgan fingerprint density at radius 1 is 1.16 bits per heavy atom. The molecule has 2 heterocycles. The smallest absolute Gasteiger partial charge is 0.187 e. The van der Waals surface area contributed by atoms with Crippen LogP contribution < -0.4 is 5.32 Å². The first-order valence-electron chi connectivity index (χ1n) is 8.68. The lowest BCUT2D eigenvalue weighted by Gasteiger charge is -2.06. The number of rotatable bonds is 8. The van der Waals surface area contributed by atoms with Gasteiger partial charge in [0.05, 0.1) is 11.0 Å². The molecule has 1 N–H and O–H groups in total. The topological polar surface area (TPSA) is 55.6 Å². The number of aromatic nitrogens is 4. The van der Waals surface area contributed by atoms with Gasteiger partial charge in [0.2, 0.25) is 0 Å². The number of nitrogens with zero attached hydrogens (tertiary/aromatic N) is 4. The summed E-state index contributed by atoms with van der Waals surface area (Å²) in [5, 5.41) is 4.31. The Labute approximate surface area is 153 Å². The third-order valence-electron chi connectivity index (χ3n) is 3.96. The molecule has 1 aromatic carbocycles. The predicted octanol–water partition coefficient (Wildman–Crippen LogP) is 3.44. The number of fused-ring (bicyclic) bond motifs is 1. The Kier molecular flexibility index (Phi) is 6.04. The van der Waals surface area contributed by atoms with E-state index in [4.69, 9.17) is 4.98 Å². The third-order valence-corrected chi connectivity index (χ3v) is 5.26. The van der Waals surface area contributed by atoms with Crippen molar-refractivity contribution in [1.29, 1.82) is 0 Å². The summed E-state index contributed by atoms with van der Waals surface area (Å²) in [6, 6.07) is 8.24. The molecule has 5 nitrogen and oxygen atoms in total.